The molecule has 4 heteroatoms. The molecule has 0 aliphatic carbocycles. The van der Waals surface area contributed by atoms with Gasteiger partial charge in [0.1, 0.15) is 11.2 Å². The lowest BCUT2D eigenvalue weighted by molar-refractivity contribution is -0.143. The highest BCUT2D eigenvalue weighted by molar-refractivity contribution is 9.09. The van der Waals surface area contributed by atoms with Crippen LogP contribution in [-0.2, 0) is 9.59 Å². The van der Waals surface area contributed by atoms with Gasteiger partial charge in [-0.2, -0.15) is 0 Å². The number of rotatable bonds is 4. The van der Waals surface area contributed by atoms with E-state index >= 15 is 0 Å². The molecule has 84 valence electrons. The number of ketones is 1. The van der Waals surface area contributed by atoms with Crippen molar-refractivity contribution < 1.29 is 9.59 Å². The summed E-state index contributed by atoms with van der Waals surface area (Å²) in [6, 6.07) is 0. The Bertz CT molecular complexity index is 303. The van der Waals surface area contributed by atoms with Crippen molar-refractivity contribution in [2.24, 2.45) is 11.3 Å². The molecule has 0 bridgehead atoms. The van der Waals surface area contributed by atoms with E-state index in [0.717, 1.165) is 0 Å². The summed E-state index contributed by atoms with van der Waals surface area (Å²) in [7, 11) is 0. The number of hydrogen-bond donors (Lipinski definition) is 0. The Kier molecular flexibility index (Phi) is 3.71. The number of hydrogen-bond acceptors (Lipinski definition) is 2. The number of likely N-dealkylation sites (tertiary alicyclic amines) is 1. The molecule has 2 atom stereocenters. The maximum atomic E-state index is 12.1. The zero-order valence-electron chi connectivity index (χ0n) is 9.12. The van der Waals surface area contributed by atoms with Crippen LogP contribution >= 0.6 is 15.9 Å². The minimum Gasteiger partial charge on any atom is -0.338 e. The number of alkyl halides is 1. The van der Waals surface area contributed by atoms with Gasteiger partial charge < -0.3 is 4.90 Å². The van der Waals surface area contributed by atoms with Crippen molar-refractivity contribution in [1.82, 2.24) is 4.90 Å². The van der Waals surface area contributed by atoms with Gasteiger partial charge in [0.2, 0.25) is 5.91 Å². The lowest BCUT2D eigenvalue weighted by atomic mass is 9.77. The van der Waals surface area contributed by atoms with Crippen molar-refractivity contribution in [2.75, 3.05) is 18.4 Å². The van der Waals surface area contributed by atoms with Crippen LogP contribution in [0.15, 0.2) is 12.7 Å². The van der Waals surface area contributed by atoms with E-state index in [9.17, 15) is 9.59 Å². The predicted molar refractivity (Wildman–Crippen MR) is 62.8 cm³/mol. The van der Waals surface area contributed by atoms with Crippen molar-refractivity contribution in [3.05, 3.63) is 12.7 Å². The first-order valence-corrected chi connectivity index (χ1v) is 6.07. The fraction of sp³-hybridized carbons (Fsp3) is 0.636. The van der Waals surface area contributed by atoms with Gasteiger partial charge >= 0.3 is 0 Å². The zero-order valence-corrected chi connectivity index (χ0v) is 10.7. The molecule has 1 heterocycles. The van der Waals surface area contributed by atoms with E-state index in [-0.39, 0.29) is 17.6 Å². The average Bonchev–Trinajstić information content (AvgIpc) is 2.44. The highest BCUT2D eigenvalue weighted by atomic mass is 79.9. The Balaban J connectivity index is 3.00. The summed E-state index contributed by atoms with van der Waals surface area (Å²) in [4.78, 5) is 25.4. The van der Waals surface area contributed by atoms with Crippen LogP contribution in [0.5, 0.6) is 0 Å². The maximum Gasteiger partial charge on any atom is 0.236 e. The minimum absolute atomic E-state index is 0.0523. The standard InChI is InChI=1S/C11H16BrNO2/c1-4-5-13-7-9(6-12)11(3,8(2)14)10(13)15/h4,9H,1,5-7H2,2-3H3/t9-,11+/m0/s1. The average molecular weight is 274 g/mol. The van der Waals surface area contributed by atoms with E-state index in [1.807, 2.05) is 0 Å². The Labute approximate surface area is 98.6 Å². The van der Waals surface area contributed by atoms with Gasteiger partial charge in [-0.05, 0) is 13.8 Å². The lowest BCUT2D eigenvalue weighted by Crippen LogP contribution is -2.40. The number of carbonyl (C=O) groups excluding carboxylic acids is 2. The molecule has 15 heavy (non-hydrogen) atoms. The molecule has 0 saturated carbocycles. The second kappa shape index (κ2) is 4.47. The lowest BCUT2D eigenvalue weighted by Gasteiger charge is -2.23. The van der Waals surface area contributed by atoms with Crippen LogP contribution in [0.2, 0.25) is 0 Å². The van der Waals surface area contributed by atoms with Crippen molar-refractivity contribution in [1.29, 1.82) is 0 Å². The molecule has 1 aliphatic rings. The molecule has 0 spiro atoms. The van der Waals surface area contributed by atoms with Gasteiger partial charge in [0.15, 0.2) is 0 Å². The molecule has 0 unspecified atom stereocenters. The summed E-state index contributed by atoms with van der Waals surface area (Å²) in [5.41, 5.74) is -0.855. The summed E-state index contributed by atoms with van der Waals surface area (Å²) < 4.78 is 0. The van der Waals surface area contributed by atoms with Gasteiger partial charge in [0, 0.05) is 24.3 Å². The van der Waals surface area contributed by atoms with Gasteiger partial charge in [-0.1, -0.05) is 22.0 Å². The molecule has 0 aromatic rings. The minimum atomic E-state index is -0.855. The fourth-order valence-electron chi connectivity index (χ4n) is 1.99. The van der Waals surface area contributed by atoms with E-state index in [1.54, 1.807) is 17.9 Å². The van der Waals surface area contributed by atoms with Gasteiger partial charge in [0.05, 0.1) is 0 Å². The largest absolute Gasteiger partial charge is 0.338 e. The molecule has 1 rings (SSSR count). The third-order valence-electron chi connectivity index (χ3n) is 3.26. The van der Waals surface area contributed by atoms with Crippen molar-refractivity contribution in [2.45, 2.75) is 13.8 Å². The number of nitrogens with zero attached hydrogens (tertiary/aromatic N) is 1. The van der Waals surface area contributed by atoms with Crippen LogP contribution < -0.4 is 0 Å². The number of Topliss-reactive ketones (excluding diaryl/α,β-unsaturated/α-hetero) is 1. The van der Waals surface area contributed by atoms with Crippen molar-refractivity contribution in [3.8, 4) is 0 Å². The second-order valence-corrected chi connectivity index (χ2v) is 4.76. The SMILES string of the molecule is C=CCN1C[C@H](CBr)[C@@](C)(C(C)=O)C1=O. The molecule has 0 aromatic heterocycles. The summed E-state index contributed by atoms with van der Waals surface area (Å²) in [5.74, 6) is -0.0645. The third-order valence-corrected chi connectivity index (χ3v) is 4.04. The van der Waals surface area contributed by atoms with Gasteiger partial charge in [0.25, 0.3) is 0 Å². The molecular weight excluding hydrogens is 258 g/mol. The first-order valence-electron chi connectivity index (χ1n) is 4.95. The molecule has 3 nitrogen and oxygen atoms in total. The van der Waals surface area contributed by atoms with Crippen LogP contribution in [0.4, 0.5) is 0 Å². The van der Waals surface area contributed by atoms with Crippen LogP contribution in [-0.4, -0.2) is 35.0 Å². The Hall–Kier alpha value is -0.640. The van der Waals surface area contributed by atoms with Gasteiger partial charge in [-0.3, -0.25) is 9.59 Å². The molecule has 1 saturated heterocycles. The van der Waals surface area contributed by atoms with Crippen LogP contribution in [0, 0.1) is 11.3 Å². The summed E-state index contributed by atoms with van der Waals surface area (Å²) in [6.07, 6.45) is 1.69. The quantitative estimate of drug-likeness (QED) is 0.444. The molecule has 1 amide bonds. The van der Waals surface area contributed by atoms with E-state index in [4.69, 9.17) is 0 Å². The topological polar surface area (TPSA) is 37.4 Å². The van der Waals surface area contributed by atoms with Crippen molar-refractivity contribution in [3.63, 3.8) is 0 Å². The maximum absolute atomic E-state index is 12.1. The van der Waals surface area contributed by atoms with E-state index in [0.29, 0.717) is 18.4 Å². The van der Waals surface area contributed by atoms with Crippen molar-refractivity contribution >= 4 is 27.6 Å². The zero-order chi connectivity index (χ0) is 11.6. The van der Waals surface area contributed by atoms with E-state index in [2.05, 4.69) is 22.5 Å². The van der Waals surface area contributed by atoms with E-state index < -0.39 is 5.41 Å². The highest BCUT2D eigenvalue weighted by Crippen LogP contribution is 2.38. The Morgan fingerprint density at radius 3 is 2.73 bits per heavy atom. The normalized spacial score (nSPS) is 30.7. The molecule has 1 fully saturated rings. The summed E-state index contributed by atoms with van der Waals surface area (Å²) in [5, 5.41) is 0.669. The third kappa shape index (κ3) is 1.87. The highest BCUT2D eigenvalue weighted by Gasteiger charge is 2.52. The molecule has 0 aromatic carbocycles. The summed E-state index contributed by atoms with van der Waals surface area (Å²) >= 11 is 3.37. The Morgan fingerprint density at radius 2 is 2.40 bits per heavy atom. The van der Waals surface area contributed by atoms with E-state index in [1.165, 1.54) is 6.92 Å². The molecule has 1 aliphatic heterocycles. The van der Waals surface area contributed by atoms with Crippen LogP contribution in [0.25, 0.3) is 0 Å². The van der Waals surface area contributed by atoms with Gasteiger partial charge in [-0.25, -0.2) is 0 Å². The smallest absolute Gasteiger partial charge is 0.236 e. The summed E-state index contributed by atoms with van der Waals surface area (Å²) in [6.45, 7) is 8.00. The molecular formula is C11H16BrNO2. The number of carbonyl (C=O) groups is 2. The first-order chi connectivity index (χ1) is 6.98. The Morgan fingerprint density at radius 1 is 1.80 bits per heavy atom. The van der Waals surface area contributed by atoms with Crippen LogP contribution in [0.1, 0.15) is 13.8 Å². The number of amides is 1. The second-order valence-electron chi connectivity index (χ2n) is 4.11. The molecule has 0 radical (unpaired) electrons. The molecule has 0 N–H and O–H groups in total. The van der Waals surface area contributed by atoms with Gasteiger partial charge in [-0.15, -0.1) is 6.58 Å². The monoisotopic (exact) mass is 273 g/mol. The fourth-order valence-corrected chi connectivity index (χ4v) is 2.84. The first kappa shape index (κ1) is 12.4. The predicted octanol–water partition coefficient (Wildman–Crippen LogP) is 1.62. The van der Waals surface area contributed by atoms with Crippen LogP contribution in [0.3, 0.4) is 0 Å². The number of halogens is 1.